The van der Waals surface area contributed by atoms with Crippen LogP contribution in [0.3, 0.4) is 0 Å². The second-order valence-corrected chi connectivity index (χ2v) is 4.27. The highest BCUT2D eigenvalue weighted by Gasteiger charge is 2.19. The molecule has 0 spiro atoms. The SMILES string of the molecule is Cc1nccc(C(O)C(N)CC(C)C)n1. The lowest BCUT2D eigenvalue weighted by atomic mass is 9.98. The predicted octanol–water partition coefficient (Wildman–Crippen LogP) is 1.19. The summed E-state index contributed by atoms with van der Waals surface area (Å²) in [6.45, 7) is 5.96. The van der Waals surface area contributed by atoms with E-state index in [1.54, 1.807) is 19.2 Å². The van der Waals surface area contributed by atoms with Crippen molar-refractivity contribution < 1.29 is 5.11 Å². The molecule has 0 aliphatic heterocycles. The molecule has 0 aliphatic carbocycles. The van der Waals surface area contributed by atoms with Crippen LogP contribution in [0.15, 0.2) is 12.3 Å². The van der Waals surface area contributed by atoms with Gasteiger partial charge in [-0.3, -0.25) is 0 Å². The molecule has 0 fully saturated rings. The van der Waals surface area contributed by atoms with E-state index in [2.05, 4.69) is 23.8 Å². The summed E-state index contributed by atoms with van der Waals surface area (Å²) in [5, 5.41) is 9.95. The van der Waals surface area contributed by atoms with Crippen LogP contribution in [0.5, 0.6) is 0 Å². The molecule has 84 valence electrons. The lowest BCUT2D eigenvalue weighted by Gasteiger charge is -2.20. The Hall–Kier alpha value is -1.00. The number of aryl methyl sites for hydroxylation is 1. The molecule has 15 heavy (non-hydrogen) atoms. The third-order valence-electron chi connectivity index (χ3n) is 2.25. The van der Waals surface area contributed by atoms with E-state index in [1.807, 2.05) is 0 Å². The first-order valence-corrected chi connectivity index (χ1v) is 5.24. The Morgan fingerprint density at radius 3 is 2.67 bits per heavy atom. The fraction of sp³-hybridized carbons (Fsp3) is 0.636. The van der Waals surface area contributed by atoms with Crippen molar-refractivity contribution in [3.63, 3.8) is 0 Å². The molecular formula is C11H19N3O. The van der Waals surface area contributed by atoms with Gasteiger partial charge in [-0.1, -0.05) is 13.8 Å². The first-order valence-electron chi connectivity index (χ1n) is 5.24. The van der Waals surface area contributed by atoms with Gasteiger partial charge < -0.3 is 10.8 Å². The molecule has 1 rings (SSSR count). The average Bonchev–Trinajstić information content (AvgIpc) is 2.15. The van der Waals surface area contributed by atoms with Crippen molar-refractivity contribution >= 4 is 0 Å². The summed E-state index contributed by atoms with van der Waals surface area (Å²) in [7, 11) is 0. The van der Waals surface area contributed by atoms with Gasteiger partial charge in [0.2, 0.25) is 0 Å². The predicted molar refractivity (Wildman–Crippen MR) is 59.2 cm³/mol. The molecule has 0 amide bonds. The summed E-state index contributed by atoms with van der Waals surface area (Å²) in [5.41, 5.74) is 6.50. The quantitative estimate of drug-likeness (QED) is 0.781. The molecule has 0 aromatic carbocycles. The second kappa shape index (κ2) is 5.19. The molecular weight excluding hydrogens is 190 g/mol. The smallest absolute Gasteiger partial charge is 0.125 e. The summed E-state index contributed by atoms with van der Waals surface area (Å²) >= 11 is 0. The summed E-state index contributed by atoms with van der Waals surface area (Å²) in [4.78, 5) is 8.14. The van der Waals surface area contributed by atoms with E-state index in [-0.39, 0.29) is 6.04 Å². The standard InChI is InChI=1S/C11H19N3O/c1-7(2)6-9(12)11(15)10-4-5-13-8(3)14-10/h4-5,7,9,11,15H,6,12H2,1-3H3. The van der Waals surface area contributed by atoms with Gasteiger partial charge in [-0.2, -0.15) is 0 Å². The summed E-state index contributed by atoms with van der Waals surface area (Å²) in [6, 6.07) is 1.44. The zero-order valence-corrected chi connectivity index (χ0v) is 9.51. The Balaban J connectivity index is 2.71. The van der Waals surface area contributed by atoms with Crippen LogP contribution in [0.1, 0.15) is 37.9 Å². The van der Waals surface area contributed by atoms with Crippen LogP contribution in [0.2, 0.25) is 0 Å². The molecule has 0 aliphatic rings. The fourth-order valence-electron chi connectivity index (χ4n) is 1.53. The van der Waals surface area contributed by atoms with Crippen LogP contribution in [0, 0.1) is 12.8 Å². The largest absolute Gasteiger partial charge is 0.385 e. The first-order chi connectivity index (χ1) is 7.00. The number of aliphatic hydroxyl groups excluding tert-OH is 1. The van der Waals surface area contributed by atoms with Crippen molar-refractivity contribution in [2.24, 2.45) is 11.7 Å². The second-order valence-electron chi connectivity index (χ2n) is 4.27. The molecule has 4 nitrogen and oxygen atoms in total. The van der Waals surface area contributed by atoms with E-state index in [1.165, 1.54) is 0 Å². The normalized spacial score (nSPS) is 15.3. The number of aromatic nitrogens is 2. The molecule has 4 heteroatoms. The first kappa shape index (κ1) is 12.1. The van der Waals surface area contributed by atoms with Gasteiger partial charge in [0.15, 0.2) is 0 Å². The molecule has 2 atom stereocenters. The van der Waals surface area contributed by atoms with Crippen LogP contribution in [-0.4, -0.2) is 21.1 Å². The summed E-state index contributed by atoms with van der Waals surface area (Å²) in [5.74, 6) is 1.13. The molecule has 0 radical (unpaired) electrons. The lowest BCUT2D eigenvalue weighted by molar-refractivity contribution is 0.131. The third-order valence-corrected chi connectivity index (χ3v) is 2.25. The minimum atomic E-state index is -0.700. The topological polar surface area (TPSA) is 72.0 Å². The van der Waals surface area contributed by atoms with Crippen molar-refractivity contribution in [3.05, 3.63) is 23.8 Å². The number of hydrogen-bond donors (Lipinski definition) is 2. The van der Waals surface area contributed by atoms with Crippen LogP contribution in [-0.2, 0) is 0 Å². The maximum absolute atomic E-state index is 9.95. The highest BCUT2D eigenvalue weighted by molar-refractivity contribution is 5.07. The van der Waals surface area contributed by atoms with Crippen molar-refractivity contribution in [2.75, 3.05) is 0 Å². The maximum Gasteiger partial charge on any atom is 0.125 e. The Bertz CT molecular complexity index is 314. The zero-order valence-electron chi connectivity index (χ0n) is 9.51. The van der Waals surface area contributed by atoms with Gasteiger partial charge in [0.05, 0.1) is 5.69 Å². The van der Waals surface area contributed by atoms with Crippen molar-refractivity contribution in [2.45, 2.75) is 39.3 Å². The minimum Gasteiger partial charge on any atom is -0.385 e. The summed E-state index contributed by atoms with van der Waals surface area (Å²) < 4.78 is 0. The van der Waals surface area contributed by atoms with Gasteiger partial charge in [-0.15, -0.1) is 0 Å². The number of nitrogens with zero attached hydrogens (tertiary/aromatic N) is 2. The molecule has 1 aromatic rings. The molecule has 0 bridgehead atoms. The van der Waals surface area contributed by atoms with Crippen LogP contribution in [0.4, 0.5) is 0 Å². The number of aliphatic hydroxyl groups is 1. The van der Waals surface area contributed by atoms with E-state index >= 15 is 0 Å². The van der Waals surface area contributed by atoms with Gasteiger partial charge in [0.1, 0.15) is 11.9 Å². The van der Waals surface area contributed by atoms with Gasteiger partial charge >= 0.3 is 0 Å². The number of nitrogens with two attached hydrogens (primary N) is 1. The van der Waals surface area contributed by atoms with Gasteiger partial charge in [0.25, 0.3) is 0 Å². The third kappa shape index (κ3) is 3.57. The lowest BCUT2D eigenvalue weighted by Crippen LogP contribution is -2.30. The Kier molecular flexibility index (Phi) is 4.17. The zero-order chi connectivity index (χ0) is 11.4. The van der Waals surface area contributed by atoms with Crippen molar-refractivity contribution in [3.8, 4) is 0 Å². The van der Waals surface area contributed by atoms with Gasteiger partial charge in [0, 0.05) is 12.2 Å². The Morgan fingerprint density at radius 2 is 2.13 bits per heavy atom. The number of hydrogen-bond acceptors (Lipinski definition) is 4. The fourth-order valence-corrected chi connectivity index (χ4v) is 1.53. The summed E-state index contributed by atoms with van der Waals surface area (Å²) in [6.07, 6.45) is 1.72. The average molecular weight is 209 g/mol. The molecule has 1 aromatic heterocycles. The van der Waals surface area contributed by atoms with Crippen LogP contribution in [0.25, 0.3) is 0 Å². The molecule has 0 saturated carbocycles. The monoisotopic (exact) mass is 209 g/mol. The van der Waals surface area contributed by atoms with Crippen LogP contribution >= 0.6 is 0 Å². The van der Waals surface area contributed by atoms with E-state index in [9.17, 15) is 5.11 Å². The Morgan fingerprint density at radius 1 is 1.47 bits per heavy atom. The molecule has 0 saturated heterocycles. The molecule has 1 heterocycles. The molecule has 3 N–H and O–H groups in total. The van der Waals surface area contributed by atoms with Gasteiger partial charge in [-0.25, -0.2) is 9.97 Å². The maximum atomic E-state index is 9.95. The Labute approximate surface area is 90.6 Å². The highest BCUT2D eigenvalue weighted by Crippen LogP contribution is 2.17. The molecule has 2 unspecified atom stereocenters. The van der Waals surface area contributed by atoms with Crippen molar-refractivity contribution in [1.29, 1.82) is 0 Å². The van der Waals surface area contributed by atoms with E-state index in [4.69, 9.17) is 5.73 Å². The minimum absolute atomic E-state index is 0.265. The van der Waals surface area contributed by atoms with Gasteiger partial charge in [-0.05, 0) is 25.3 Å². The highest BCUT2D eigenvalue weighted by atomic mass is 16.3. The van der Waals surface area contributed by atoms with Crippen molar-refractivity contribution in [1.82, 2.24) is 9.97 Å². The van der Waals surface area contributed by atoms with E-state index in [0.717, 1.165) is 6.42 Å². The van der Waals surface area contributed by atoms with Crippen LogP contribution < -0.4 is 5.73 Å². The van der Waals surface area contributed by atoms with E-state index in [0.29, 0.717) is 17.4 Å². The van der Waals surface area contributed by atoms with E-state index < -0.39 is 6.10 Å². The number of rotatable bonds is 4.